The normalized spacial score (nSPS) is 11.4. The number of hydrogen-bond acceptors (Lipinski definition) is 8. The van der Waals surface area contributed by atoms with Gasteiger partial charge in [0.25, 0.3) is 5.91 Å². The Balaban J connectivity index is 1.78. The van der Waals surface area contributed by atoms with Crippen LogP contribution in [0.5, 0.6) is 5.75 Å². The molecule has 0 saturated carbocycles. The maximum Gasteiger partial charge on any atom is 0.258 e. The molecule has 1 aromatic heterocycles. The van der Waals surface area contributed by atoms with Crippen LogP contribution >= 0.6 is 0 Å². The van der Waals surface area contributed by atoms with Gasteiger partial charge in [-0.3, -0.25) is 14.8 Å². The van der Waals surface area contributed by atoms with E-state index in [1.165, 1.54) is 53.9 Å². The van der Waals surface area contributed by atoms with Crippen molar-refractivity contribution in [2.24, 2.45) is 0 Å². The van der Waals surface area contributed by atoms with Gasteiger partial charge in [-0.15, -0.1) is 0 Å². The van der Waals surface area contributed by atoms with Crippen LogP contribution in [0.25, 0.3) is 5.69 Å². The van der Waals surface area contributed by atoms with E-state index in [1.54, 1.807) is 24.3 Å². The highest BCUT2D eigenvalue weighted by Gasteiger charge is 2.27. The molecule has 3 aromatic rings. The number of sulfonamides is 1. The third-order valence-electron chi connectivity index (χ3n) is 4.57. The smallest absolute Gasteiger partial charge is 0.258 e. The number of rotatable bonds is 11. The highest BCUT2D eigenvalue weighted by molar-refractivity contribution is 7.89. The van der Waals surface area contributed by atoms with Gasteiger partial charge < -0.3 is 4.74 Å². The number of carbonyl (C=O) groups is 2. The zero-order chi connectivity index (χ0) is 23.8. The molecule has 1 amide bonds. The molecule has 0 fully saturated rings. The number of aromatic nitrogens is 3. The summed E-state index contributed by atoms with van der Waals surface area (Å²) in [5.41, 5.74) is 2.76. The average molecular weight is 474 g/mol. The summed E-state index contributed by atoms with van der Waals surface area (Å²) in [5.74, 6) is -0.473. The zero-order valence-corrected chi connectivity index (χ0v) is 18.6. The summed E-state index contributed by atoms with van der Waals surface area (Å²) in [6.45, 7) is 0.948. The van der Waals surface area contributed by atoms with Gasteiger partial charge in [-0.1, -0.05) is 12.1 Å². The summed E-state index contributed by atoms with van der Waals surface area (Å²) in [7, 11) is -4.09. The molecule has 0 atom stereocenters. The fraction of sp³-hybridized carbons (Fsp3) is 0.238. The molecule has 0 aliphatic carbocycles. The van der Waals surface area contributed by atoms with E-state index >= 15 is 0 Å². The van der Waals surface area contributed by atoms with Crippen LogP contribution in [0.3, 0.4) is 0 Å². The van der Waals surface area contributed by atoms with Crippen molar-refractivity contribution >= 4 is 21.7 Å². The summed E-state index contributed by atoms with van der Waals surface area (Å²) in [4.78, 5) is 24.2. The summed E-state index contributed by atoms with van der Waals surface area (Å²) in [6, 6.07) is 12.5. The Morgan fingerprint density at radius 3 is 2.27 bits per heavy atom. The second-order valence-electron chi connectivity index (χ2n) is 7.06. The number of nitrogens with one attached hydrogen (secondary N) is 1. The third kappa shape index (κ3) is 6.44. The van der Waals surface area contributed by atoms with Crippen molar-refractivity contribution in [3.63, 3.8) is 0 Å². The number of nitrogens with zero attached hydrogens (tertiary/aromatic N) is 4. The molecule has 0 radical (unpaired) electrons. The molecule has 12 heteroatoms. The number of carbonyl (C=O) groups excluding carboxylic acids is 2. The van der Waals surface area contributed by atoms with E-state index < -0.39 is 22.5 Å². The largest absolute Gasteiger partial charge is 0.493 e. The van der Waals surface area contributed by atoms with E-state index in [4.69, 9.17) is 9.94 Å². The van der Waals surface area contributed by atoms with E-state index in [0.29, 0.717) is 17.0 Å². The number of Topliss-reactive ketones (excluding diaryl/α,β-unsaturated/α-hetero) is 1. The van der Waals surface area contributed by atoms with Gasteiger partial charge >= 0.3 is 0 Å². The van der Waals surface area contributed by atoms with Crippen molar-refractivity contribution < 1.29 is 28.0 Å². The van der Waals surface area contributed by atoms with Gasteiger partial charge in [0.15, 0.2) is 0 Å². The maximum atomic E-state index is 13.2. The first-order valence-corrected chi connectivity index (χ1v) is 11.3. The topological polar surface area (TPSA) is 144 Å². The minimum absolute atomic E-state index is 0.0130. The Morgan fingerprint density at radius 1 is 1.06 bits per heavy atom. The molecule has 33 heavy (non-hydrogen) atoms. The van der Waals surface area contributed by atoms with Crippen LogP contribution in [0.4, 0.5) is 0 Å². The minimum Gasteiger partial charge on any atom is -0.493 e. The zero-order valence-electron chi connectivity index (χ0n) is 17.8. The molecule has 0 saturated heterocycles. The molecule has 2 aromatic carbocycles. The van der Waals surface area contributed by atoms with Gasteiger partial charge in [-0.2, -0.15) is 19.3 Å². The van der Waals surface area contributed by atoms with Crippen LogP contribution in [-0.4, -0.2) is 57.8 Å². The lowest BCUT2D eigenvalue weighted by molar-refractivity contribution is -0.129. The molecule has 0 bridgehead atoms. The number of ether oxygens (including phenoxy) is 1. The molecule has 0 unspecified atom stereocenters. The first-order valence-electron chi connectivity index (χ1n) is 9.90. The number of amides is 1. The van der Waals surface area contributed by atoms with E-state index in [1.807, 2.05) is 0 Å². The van der Waals surface area contributed by atoms with Gasteiger partial charge in [0.05, 0.1) is 36.1 Å². The minimum atomic E-state index is -4.09. The number of benzene rings is 2. The van der Waals surface area contributed by atoms with Crippen molar-refractivity contribution in [1.82, 2.24) is 24.8 Å². The molecule has 174 valence electrons. The lowest BCUT2D eigenvalue weighted by Crippen LogP contribution is -2.39. The lowest BCUT2D eigenvalue weighted by atomic mass is 10.2. The van der Waals surface area contributed by atoms with Crippen LogP contribution in [0.1, 0.15) is 18.9 Å². The molecule has 0 spiro atoms. The molecule has 2 N–H and O–H groups in total. The van der Waals surface area contributed by atoms with Crippen LogP contribution in [0.2, 0.25) is 0 Å². The molecule has 1 heterocycles. The van der Waals surface area contributed by atoms with Crippen molar-refractivity contribution in [2.45, 2.75) is 24.8 Å². The predicted molar refractivity (Wildman–Crippen MR) is 116 cm³/mol. The number of hydroxylamine groups is 1. The lowest BCUT2D eigenvalue weighted by Gasteiger charge is -2.21. The van der Waals surface area contributed by atoms with Crippen molar-refractivity contribution in [3.8, 4) is 11.4 Å². The second-order valence-corrected chi connectivity index (χ2v) is 9.00. The molecule has 3 rings (SSSR count). The van der Waals surface area contributed by atoms with Crippen molar-refractivity contribution in [2.75, 3.05) is 13.2 Å². The highest BCUT2D eigenvalue weighted by atomic mass is 32.2. The number of ketones is 1. The quantitative estimate of drug-likeness (QED) is 0.313. The summed E-state index contributed by atoms with van der Waals surface area (Å²) in [6.07, 6.45) is 3.32. The van der Waals surface area contributed by atoms with Gasteiger partial charge in [0.1, 0.15) is 11.5 Å². The second kappa shape index (κ2) is 10.8. The summed E-state index contributed by atoms with van der Waals surface area (Å²) < 4.78 is 32.8. The van der Waals surface area contributed by atoms with Crippen LogP contribution < -0.4 is 10.2 Å². The van der Waals surface area contributed by atoms with E-state index in [9.17, 15) is 18.0 Å². The summed E-state index contributed by atoms with van der Waals surface area (Å²) >= 11 is 0. The van der Waals surface area contributed by atoms with Gasteiger partial charge in [-0.05, 0) is 48.9 Å². The maximum absolute atomic E-state index is 13.2. The standard InChI is InChI=1S/C21H23N5O6S/c1-16(27)10-13-32-19-6-8-20(9-7-19)33(30,31)25(15-21(28)24-29)14-17-2-4-18(5-3-17)26-22-11-12-23-26/h2-9,11-12,29H,10,13-15H2,1H3,(H,24,28). The third-order valence-corrected chi connectivity index (χ3v) is 6.38. The summed E-state index contributed by atoms with van der Waals surface area (Å²) in [5, 5.41) is 17.0. The first kappa shape index (κ1) is 24.0. The Kier molecular flexibility index (Phi) is 7.87. The SMILES string of the molecule is CC(=O)CCOc1ccc(S(=O)(=O)N(CC(=O)NO)Cc2ccc(-n3nccn3)cc2)cc1. The van der Waals surface area contributed by atoms with E-state index in [2.05, 4.69) is 10.2 Å². The molecule has 0 aliphatic rings. The van der Waals surface area contributed by atoms with Crippen LogP contribution in [0.15, 0.2) is 65.8 Å². The molecule has 0 aliphatic heterocycles. The predicted octanol–water partition coefficient (Wildman–Crippen LogP) is 1.32. The van der Waals surface area contributed by atoms with E-state index in [0.717, 1.165) is 4.31 Å². The molecular weight excluding hydrogens is 450 g/mol. The van der Waals surface area contributed by atoms with Gasteiger partial charge in [-0.25, -0.2) is 13.9 Å². The Labute approximate surface area is 190 Å². The highest BCUT2D eigenvalue weighted by Crippen LogP contribution is 2.22. The Bertz CT molecular complexity index is 1180. The van der Waals surface area contributed by atoms with E-state index in [-0.39, 0.29) is 30.3 Å². The molecular formula is C21H23N5O6S. The van der Waals surface area contributed by atoms with Crippen LogP contribution in [-0.2, 0) is 26.2 Å². The average Bonchev–Trinajstić information content (AvgIpc) is 3.34. The van der Waals surface area contributed by atoms with Crippen molar-refractivity contribution in [1.29, 1.82) is 0 Å². The Hall–Kier alpha value is -3.61. The monoisotopic (exact) mass is 473 g/mol. The number of hydrogen-bond donors (Lipinski definition) is 2. The van der Waals surface area contributed by atoms with Gasteiger partial charge in [0, 0.05) is 13.0 Å². The van der Waals surface area contributed by atoms with Crippen molar-refractivity contribution in [3.05, 3.63) is 66.5 Å². The first-order chi connectivity index (χ1) is 15.8. The Morgan fingerprint density at radius 2 is 1.70 bits per heavy atom. The fourth-order valence-electron chi connectivity index (χ4n) is 2.88. The van der Waals surface area contributed by atoms with Gasteiger partial charge in [0.2, 0.25) is 10.0 Å². The van der Waals surface area contributed by atoms with Crippen LogP contribution in [0, 0.1) is 0 Å². The fourth-order valence-corrected chi connectivity index (χ4v) is 4.26. The molecule has 11 nitrogen and oxygen atoms in total.